The van der Waals surface area contributed by atoms with E-state index in [1.807, 2.05) is 6.07 Å². The summed E-state index contributed by atoms with van der Waals surface area (Å²) in [4.78, 5) is 9.18. The summed E-state index contributed by atoms with van der Waals surface area (Å²) in [6.45, 7) is 0. The van der Waals surface area contributed by atoms with Crippen molar-refractivity contribution >= 4 is 32.3 Å². The van der Waals surface area contributed by atoms with Gasteiger partial charge in [-0.15, -0.1) is 0 Å². The summed E-state index contributed by atoms with van der Waals surface area (Å²) in [6, 6.07) is 61.2. The molecule has 2 heteroatoms. The second-order valence-corrected chi connectivity index (χ2v) is 12.2. The monoisotopic (exact) mass is 610 g/mol. The third-order valence-corrected chi connectivity index (χ3v) is 9.35. The van der Waals surface area contributed by atoms with Gasteiger partial charge in [-0.25, -0.2) is 9.97 Å². The highest BCUT2D eigenvalue weighted by atomic mass is 14.8. The first kappa shape index (κ1) is 27.9. The Hall–Kier alpha value is -6.38. The normalized spacial score (nSPS) is 11.3. The molecule has 48 heavy (non-hydrogen) atoms. The fourth-order valence-corrected chi connectivity index (χ4v) is 7.14. The van der Waals surface area contributed by atoms with Gasteiger partial charge in [0.15, 0.2) is 5.82 Å². The first-order valence-corrected chi connectivity index (χ1v) is 16.3. The molecule has 0 aliphatic carbocycles. The van der Waals surface area contributed by atoms with Crippen LogP contribution >= 0.6 is 0 Å². The molecule has 0 bridgehead atoms. The molecule has 0 unspecified atom stereocenters. The van der Waals surface area contributed by atoms with E-state index in [9.17, 15) is 0 Å². The number of hydrogen-bond acceptors (Lipinski definition) is 2. The minimum Gasteiger partial charge on any atom is -0.237 e. The Morgan fingerprint density at radius 3 is 1.27 bits per heavy atom. The van der Waals surface area contributed by atoms with Crippen LogP contribution in [0.25, 0.3) is 88.2 Å². The van der Waals surface area contributed by atoms with Crippen LogP contribution in [0.1, 0.15) is 0 Å². The van der Waals surface area contributed by atoms with Crippen LogP contribution < -0.4 is 0 Å². The van der Waals surface area contributed by atoms with Crippen LogP contribution in [0.15, 0.2) is 182 Å². The van der Waals surface area contributed by atoms with Crippen molar-refractivity contribution in [2.45, 2.75) is 0 Å². The molecule has 0 fully saturated rings. The lowest BCUT2D eigenvalue weighted by atomic mass is 9.83. The number of benzene rings is 8. The molecule has 0 radical (unpaired) electrons. The predicted molar refractivity (Wildman–Crippen MR) is 202 cm³/mol. The minimum atomic E-state index is 0.722. The van der Waals surface area contributed by atoms with Crippen LogP contribution in [0, 0.1) is 0 Å². The van der Waals surface area contributed by atoms with Gasteiger partial charge in [0.2, 0.25) is 0 Å². The zero-order valence-corrected chi connectivity index (χ0v) is 26.2. The van der Waals surface area contributed by atoms with Crippen molar-refractivity contribution in [1.29, 1.82) is 0 Å². The van der Waals surface area contributed by atoms with Crippen molar-refractivity contribution < 1.29 is 0 Å². The Morgan fingerprint density at radius 1 is 0.292 bits per heavy atom. The van der Waals surface area contributed by atoms with E-state index in [-0.39, 0.29) is 0 Å². The van der Waals surface area contributed by atoms with Crippen molar-refractivity contribution in [3.05, 3.63) is 182 Å². The Labute approximate surface area is 279 Å². The van der Waals surface area contributed by atoms with Gasteiger partial charge in [0.25, 0.3) is 0 Å². The zero-order chi connectivity index (χ0) is 31.9. The zero-order valence-electron chi connectivity index (χ0n) is 26.2. The number of nitrogens with zero attached hydrogens (tertiary/aromatic N) is 2. The molecule has 0 atom stereocenters. The van der Waals surface area contributed by atoms with Crippen molar-refractivity contribution in [2.75, 3.05) is 0 Å². The maximum Gasteiger partial charge on any atom is 0.159 e. The summed E-state index contributed by atoms with van der Waals surface area (Å²) in [7, 11) is 0. The molecular formula is C46H30N2. The SMILES string of the molecule is c1ccc(-c2cc3ccccc3cc2-c2ccc3c(c2)c(-c2ccccc2)c(-c2ccccc2)c2cc(-c4ncccn4)ccc23)cc1. The van der Waals surface area contributed by atoms with E-state index in [1.165, 1.54) is 76.8 Å². The maximum atomic E-state index is 4.59. The summed E-state index contributed by atoms with van der Waals surface area (Å²) in [5.74, 6) is 0.722. The van der Waals surface area contributed by atoms with E-state index in [0.717, 1.165) is 11.4 Å². The van der Waals surface area contributed by atoms with Crippen molar-refractivity contribution in [2.24, 2.45) is 0 Å². The average Bonchev–Trinajstić information content (AvgIpc) is 3.17. The van der Waals surface area contributed by atoms with E-state index in [2.05, 4.69) is 174 Å². The summed E-state index contributed by atoms with van der Waals surface area (Å²) in [6.07, 6.45) is 3.61. The first-order valence-electron chi connectivity index (χ1n) is 16.3. The van der Waals surface area contributed by atoms with E-state index < -0.39 is 0 Å². The van der Waals surface area contributed by atoms with E-state index in [4.69, 9.17) is 0 Å². The quantitative estimate of drug-likeness (QED) is 0.181. The number of hydrogen-bond donors (Lipinski definition) is 0. The lowest BCUT2D eigenvalue weighted by molar-refractivity contribution is 1.18. The molecule has 0 amide bonds. The van der Waals surface area contributed by atoms with Gasteiger partial charge in [0, 0.05) is 18.0 Å². The fraction of sp³-hybridized carbons (Fsp3) is 0. The molecule has 0 saturated heterocycles. The molecule has 2 nitrogen and oxygen atoms in total. The molecular weight excluding hydrogens is 581 g/mol. The van der Waals surface area contributed by atoms with Crippen molar-refractivity contribution in [3.63, 3.8) is 0 Å². The summed E-state index contributed by atoms with van der Waals surface area (Å²) < 4.78 is 0. The molecule has 9 rings (SSSR count). The lowest BCUT2D eigenvalue weighted by Gasteiger charge is -2.20. The summed E-state index contributed by atoms with van der Waals surface area (Å²) >= 11 is 0. The van der Waals surface area contributed by atoms with Crippen LogP contribution in [-0.4, -0.2) is 9.97 Å². The molecule has 0 saturated carbocycles. The maximum absolute atomic E-state index is 4.59. The van der Waals surface area contributed by atoms with Gasteiger partial charge in [-0.3, -0.25) is 0 Å². The van der Waals surface area contributed by atoms with Gasteiger partial charge >= 0.3 is 0 Å². The lowest BCUT2D eigenvalue weighted by Crippen LogP contribution is -1.94. The van der Waals surface area contributed by atoms with Gasteiger partial charge in [0.05, 0.1) is 0 Å². The van der Waals surface area contributed by atoms with Gasteiger partial charge in [0.1, 0.15) is 0 Å². The molecule has 9 aromatic rings. The highest BCUT2D eigenvalue weighted by molar-refractivity contribution is 6.22. The van der Waals surface area contributed by atoms with Crippen LogP contribution in [0.3, 0.4) is 0 Å². The Morgan fingerprint density at radius 2 is 0.729 bits per heavy atom. The summed E-state index contributed by atoms with van der Waals surface area (Å²) in [5, 5.41) is 7.30. The fourth-order valence-electron chi connectivity index (χ4n) is 7.14. The van der Waals surface area contributed by atoms with Crippen LogP contribution in [0.5, 0.6) is 0 Å². The smallest absolute Gasteiger partial charge is 0.159 e. The molecule has 0 aliphatic rings. The van der Waals surface area contributed by atoms with E-state index in [0.29, 0.717) is 0 Å². The third kappa shape index (κ3) is 4.83. The first-order chi connectivity index (χ1) is 23.8. The van der Waals surface area contributed by atoms with Gasteiger partial charge < -0.3 is 0 Å². The minimum absolute atomic E-state index is 0.722. The second-order valence-electron chi connectivity index (χ2n) is 12.2. The molecule has 1 heterocycles. The molecule has 0 spiro atoms. The molecule has 224 valence electrons. The molecule has 0 aliphatic heterocycles. The van der Waals surface area contributed by atoms with Crippen LogP contribution in [0.2, 0.25) is 0 Å². The molecule has 8 aromatic carbocycles. The average molecular weight is 611 g/mol. The predicted octanol–water partition coefficient (Wildman–Crippen LogP) is 12.3. The van der Waals surface area contributed by atoms with Crippen molar-refractivity contribution in [3.8, 4) is 55.9 Å². The highest BCUT2D eigenvalue weighted by Crippen LogP contribution is 2.47. The van der Waals surface area contributed by atoms with Gasteiger partial charge in [-0.2, -0.15) is 0 Å². The highest BCUT2D eigenvalue weighted by Gasteiger charge is 2.20. The Kier molecular flexibility index (Phi) is 6.84. The number of fused-ring (bicyclic) bond motifs is 4. The van der Waals surface area contributed by atoms with Crippen molar-refractivity contribution in [1.82, 2.24) is 9.97 Å². The van der Waals surface area contributed by atoms with E-state index in [1.54, 1.807) is 12.4 Å². The van der Waals surface area contributed by atoms with Gasteiger partial charge in [-0.1, -0.05) is 140 Å². The third-order valence-electron chi connectivity index (χ3n) is 9.35. The second kappa shape index (κ2) is 11.8. The largest absolute Gasteiger partial charge is 0.237 e. The standard InChI is InChI=1S/C46H30N2/c1-4-13-31(14-5-1)40-27-34-19-10-11-20-35(34)28-41(40)36-21-23-38-39-24-22-37(46-47-25-12-26-48-46)30-43(39)45(33-17-8-3-9-18-33)44(42(38)29-36)32-15-6-2-7-16-32/h1-30H. The Bertz CT molecular complexity index is 2580. The topological polar surface area (TPSA) is 25.8 Å². The summed E-state index contributed by atoms with van der Waals surface area (Å²) in [5.41, 5.74) is 10.6. The molecule has 1 aromatic heterocycles. The van der Waals surface area contributed by atoms with Crippen LogP contribution in [0.4, 0.5) is 0 Å². The Balaban J connectivity index is 1.41. The van der Waals surface area contributed by atoms with Gasteiger partial charge in [-0.05, 0) is 107 Å². The molecule has 0 N–H and O–H groups in total. The number of rotatable bonds is 5. The van der Waals surface area contributed by atoms with E-state index >= 15 is 0 Å². The number of aromatic nitrogens is 2. The van der Waals surface area contributed by atoms with Crippen LogP contribution in [-0.2, 0) is 0 Å².